The summed E-state index contributed by atoms with van der Waals surface area (Å²) < 4.78 is 37.3. The van der Waals surface area contributed by atoms with Gasteiger partial charge in [-0.3, -0.25) is 0 Å². The van der Waals surface area contributed by atoms with Gasteiger partial charge < -0.3 is 0 Å². The van der Waals surface area contributed by atoms with Crippen LogP contribution >= 0.6 is 0 Å². The smallest absolute Gasteiger partial charge is 0.244 e. The Balaban J connectivity index is 2.86. The molecule has 82 valence electrons. The summed E-state index contributed by atoms with van der Waals surface area (Å²) in [5.74, 6) is 0. The highest BCUT2D eigenvalue weighted by Crippen LogP contribution is 2.27. The molecule has 2 rings (SSSR count). The van der Waals surface area contributed by atoms with Gasteiger partial charge in [-0.2, -0.15) is 23.1 Å². The molecule has 0 bridgehead atoms. The standard InChI is InChI=1S/C10H5F3N2O/c11-10(12,13)8-5-6-3-1-2-4-7(6)14-9(16)15-8/h1-5H. The monoisotopic (exact) mass is 226 g/mol. The van der Waals surface area contributed by atoms with Crippen LogP contribution in [0, 0.1) is 0 Å². The molecule has 0 N–H and O–H groups in total. The number of nitrogens with zero attached hydrogens (tertiary/aromatic N) is 2. The van der Waals surface area contributed by atoms with Crippen molar-refractivity contribution in [3.8, 4) is 0 Å². The molecular formula is C10H5F3N2O. The molecule has 0 aliphatic carbocycles. The average molecular weight is 226 g/mol. The molecule has 3 nitrogen and oxygen atoms in total. The second-order valence-corrected chi connectivity index (χ2v) is 3.09. The Kier molecular flexibility index (Phi) is 2.34. The zero-order chi connectivity index (χ0) is 11.8. The van der Waals surface area contributed by atoms with E-state index in [2.05, 4.69) is 9.97 Å². The van der Waals surface area contributed by atoms with Gasteiger partial charge in [0, 0.05) is 5.39 Å². The second kappa shape index (κ2) is 3.55. The lowest BCUT2D eigenvalue weighted by molar-refractivity contribution is -0.141. The van der Waals surface area contributed by atoms with E-state index in [-0.39, 0.29) is 10.9 Å². The van der Waals surface area contributed by atoms with Gasteiger partial charge in [0.15, 0.2) is 5.69 Å². The van der Waals surface area contributed by atoms with Gasteiger partial charge in [0.1, 0.15) is 0 Å². The number of rotatable bonds is 0. The van der Waals surface area contributed by atoms with Crippen molar-refractivity contribution < 1.29 is 13.2 Å². The fourth-order valence-corrected chi connectivity index (χ4v) is 1.27. The van der Waals surface area contributed by atoms with Gasteiger partial charge in [-0.1, -0.05) is 18.2 Å². The van der Waals surface area contributed by atoms with Crippen molar-refractivity contribution in [2.45, 2.75) is 6.18 Å². The quantitative estimate of drug-likeness (QED) is 0.690. The minimum absolute atomic E-state index is 0.190. The van der Waals surface area contributed by atoms with Crippen LogP contribution < -0.4 is 5.69 Å². The summed E-state index contributed by atoms with van der Waals surface area (Å²) in [5, 5.41) is 0.226. The van der Waals surface area contributed by atoms with Crippen molar-refractivity contribution in [2.75, 3.05) is 0 Å². The zero-order valence-electron chi connectivity index (χ0n) is 7.82. The van der Waals surface area contributed by atoms with Crippen LogP contribution in [-0.2, 0) is 6.18 Å². The van der Waals surface area contributed by atoms with Crippen molar-refractivity contribution in [3.63, 3.8) is 0 Å². The summed E-state index contributed by atoms with van der Waals surface area (Å²) >= 11 is 0. The van der Waals surface area contributed by atoms with Gasteiger partial charge in [-0.25, -0.2) is 4.79 Å². The predicted molar refractivity (Wildman–Crippen MR) is 50.8 cm³/mol. The van der Waals surface area contributed by atoms with E-state index in [1.807, 2.05) is 0 Å². The SMILES string of the molecule is O=c1nc(C(F)(F)F)cc2ccccc2n1. The van der Waals surface area contributed by atoms with E-state index in [9.17, 15) is 18.0 Å². The van der Waals surface area contributed by atoms with E-state index in [0.717, 1.165) is 6.07 Å². The minimum atomic E-state index is -4.65. The molecule has 0 fully saturated rings. The normalized spacial score (nSPS) is 11.7. The maximum atomic E-state index is 12.4. The second-order valence-electron chi connectivity index (χ2n) is 3.09. The average Bonchev–Trinajstić information content (AvgIpc) is 2.34. The molecule has 6 heteroatoms. The highest BCUT2D eigenvalue weighted by Gasteiger charge is 2.32. The first-order valence-corrected chi connectivity index (χ1v) is 4.32. The number of halogens is 3. The summed E-state index contributed by atoms with van der Waals surface area (Å²) in [5.41, 5.74) is -2.18. The van der Waals surface area contributed by atoms with Crippen LogP contribution in [0.2, 0.25) is 0 Å². The summed E-state index contributed by atoms with van der Waals surface area (Å²) in [6.45, 7) is 0. The third kappa shape index (κ3) is 2.00. The van der Waals surface area contributed by atoms with Crippen molar-refractivity contribution in [2.24, 2.45) is 0 Å². The lowest BCUT2D eigenvalue weighted by atomic mass is 10.2. The van der Waals surface area contributed by atoms with E-state index in [1.54, 1.807) is 12.1 Å². The largest absolute Gasteiger partial charge is 0.433 e. The molecule has 0 saturated heterocycles. The van der Waals surface area contributed by atoms with Crippen molar-refractivity contribution in [1.29, 1.82) is 0 Å². The summed E-state index contributed by atoms with van der Waals surface area (Å²) in [6.07, 6.45) is -4.65. The Hall–Kier alpha value is -1.98. The molecule has 0 radical (unpaired) electrons. The summed E-state index contributed by atoms with van der Waals surface area (Å²) in [7, 11) is 0. The van der Waals surface area contributed by atoms with Crippen molar-refractivity contribution in [1.82, 2.24) is 9.97 Å². The number of alkyl halides is 3. The van der Waals surface area contributed by atoms with Gasteiger partial charge in [0.25, 0.3) is 0 Å². The predicted octanol–water partition coefficient (Wildman–Crippen LogP) is 2.01. The van der Waals surface area contributed by atoms with Gasteiger partial charge in [0.2, 0.25) is 0 Å². The molecule has 0 aliphatic rings. The maximum Gasteiger partial charge on any atom is 0.433 e. The molecule has 0 unspecified atom stereocenters. The molecule has 1 heterocycles. The number of fused-ring (bicyclic) bond motifs is 1. The lowest BCUT2D eigenvalue weighted by Crippen LogP contribution is -2.14. The Bertz CT molecular complexity index is 595. The van der Waals surface area contributed by atoms with E-state index < -0.39 is 17.6 Å². The molecule has 1 aromatic heterocycles. The van der Waals surface area contributed by atoms with E-state index >= 15 is 0 Å². The first kappa shape index (κ1) is 10.5. The van der Waals surface area contributed by atoms with Crippen molar-refractivity contribution >= 4 is 10.9 Å². The molecule has 0 spiro atoms. The first-order chi connectivity index (χ1) is 7.47. The highest BCUT2D eigenvalue weighted by molar-refractivity contribution is 5.77. The molecular weight excluding hydrogens is 221 g/mol. The first-order valence-electron chi connectivity index (χ1n) is 4.32. The topological polar surface area (TPSA) is 42.9 Å². The molecule has 2 aromatic rings. The van der Waals surface area contributed by atoms with Crippen LogP contribution in [0.5, 0.6) is 0 Å². The Morgan fingerprint density at radius 1 is 1.06 bits per heavy atom. The number of hydrogen-bond acceptors (Lipinski definition) is 3. The minimum Gasteiger partial charge on any atom is -0.244 e. The Labute approximate surface area is 87.6 Å². The number of benzene rings is 1. The number of hydrogen-bond donors (Lipinski definition) is 0. The van der Waals surface area contributed by atoms with Crippen LogP contribution in [0.15, 0.2) is 35.1 Å². The Morgan fingerprint density at radius 3 is 2.44 bits per heavy atom. The van der Waals surface area contributed by atoms with Gasteiger partial charge >= 0.3 is 11.9 Å². The molecule has 0 amide bonds. The number of para-hydroxylation sites is 1. The zero-order valence-corrected chi connectivity index (χ0v) is 7.82. The Morgan fingerprint density at radius 2 is 1.75 bits per heavy atom. The van der Waals surface area contributed by atoms with E-state index in [0.29, 0.717) is 0 Å². The van der Waals surface area contributed by atoms with Gasteiger partial charge in [-0.05, 0) is 12.1 Å². The molecule has 0 aliphatic heterocycles. The van der Waals surface area contributed by atoms with Crippen LogP contribution in [0.25, 0.3) is 10.9 Å². The van der Waals surface area contributed by atoms with E-state index in [4.69, 9.17) is 0 Å². The van der Waals surface area contributed by atoms with Crippen LogP contribution in [-0.4, -0.2) is 9.97 Å². The van der Waals surface area contributed by atoms with Gasteiger partial charge in [0.05, 0.1) is 5.52 Å². The highest BCUT2D eigenvalue weighted by atomic mass is 19.4. The van der Waals surface area contributed by atoms with Gasteiger partial charge in [-0.15, -0.1) is 0 Å². The summed E-state index contributed by atoms with van der Waals surface area (Å²) in [4.78, 5) is 17.4. The fourth-order valence-electron chi connectivity index (χ4n) is 1.27. The molecule has 16 heavy (non-hydrogen) atoms. The lowest BCUT2D eigenvalue weighted by Gasteiger charge is -2.01. The third-order valence-electron chi connectivity index (χ3n) is 1.95. The molecule has 0 saturated carbocycles. The van der Waals surface area contributed by atoms with Crippen LogP contribution in [0.1, 0.15) is 5.69 Å². The van der Waals surface area contributed by atoms with Crippen LogP contribution in [0.3, 0.4) is 0 Å². The van der Waals surface area contributed by atoms with E-state index in [1.165, 1.54) is 12.1 Å². The van der Waals surface area contributed by atoms with Crippen LogP contribution in [0.4, 0.5) is 13.2 Å². The third-order valence-corrected chi connectivity index (χ3v) is 1.95. The summed E-state index contributed by atoms with van der Waals surface area (Å²) in [6, 6.07) is 6.86. The maximum absolute atomic E-state index is 12.4. The number of aromatic nitrogens is 2. The molecule has 1 aromatic carbocycles. The molecule has 0 atom stereocenters. The fraction of sp³-hybridized carbons (Fsp3) is 0.100. The van der Waals surface area contributed by atoms with Crippen molar-refractivity contribution in [3.05, 3.63) is 46.5 Å².